The van der Waals surface area contributed by atoms with E-state index in [9.17, 15) is 14.7 Å². The van der Waals surface area contributed by atoms with Crippen LogP contribution in [0.4, 0.5) is 0 Å². The summed E-state index contributed by atoms with van der Waals surface area (Å²) in [4.78, 5) is 24.1. The Balaban J connectivity index is 2.87. The number of nitrogens with one attached hydrogen (secondary N) is 1. The lowest BCUT2D eigenvalue weighted by molar-refractivity contribution is -0.147. The van der Waals surface area contributed by atoms with Crippen LogP contribution < -0.4 is 11.1 Å². The smallest absolute Gasteiger partial charge is 0.328 e. The number of amides is 1. The summed E-state index contributed by atoms with van der Waals surface area (Å²) in [7, 11) is 1.27. The number of carbonyl (C=O) groups excluding carboxylic acids is 2. The van der Waals surface area contributed by atoms with Crippen molar-refractivity contribution in [2.24, 2.45) is 11.7 Å². The van der Waals surface area contributed by atoms with E-state index in [0.29, 0.717) is 12.8 Å². The summed E-state index contributed by atoms with van der Waals surface area (Å²) in [6, 6.07) is -0.771. The molecule has 0 saturated carbocycles. The van der Waals surface area contributed by atoms with E-state index in [0.717, 1.165) is 6.42 Å². The first-order chi connectivity index (χ1) is 9.32. The van der Waals surface area contributed by atoms with Crippen molar-refractivity contribution in [3.8, 4) is 0 Å². The van der Waals surface area contributed by atoms with Gasteiger partial charge in [0.05, 0.1) is 13.2 Å². The number of aliphatic hydroxyl groups excluding tert-OH is 1. The summed E-state index contributed by atoms with van der Waals surface area (Å²) in [5, 5.41) is 12.6. The fourth-order valence-electron chi connectivity index (χ4n) is 2.21. The molecule has 114 valence electrons. The number of carbonyl (C=O) groups is 2. The molecule has 1 aliphatic rings. The predicted octanol–water partition coefficient (Wildman–Crippen LogP) is 0.0987. The highest BCUT2D eigenvalue weighted by Gasteiger charge is 2.42. The molecule has 0 unspecified atom stereocenters. The Morgan fingerprint density at radius 1 is 1.50 bits per heavy atom. The minimum absolute atomic E-state index is 0.131. The number of nitrogens with two attached hydrogens (primary N) is 1. The summed E-state index contributed by atoms with van der Waals surface area (Å²) in [5.74, 6) is -1.18. The van der Waals surface area contributed by atoms with Crippen molar-refractivity contribution in [3.63, 3.8) is 0 Å². The lowest BCUT2D eigenvalue weighted by atomic mass is 9.87. The fourth-order valence-corrected chi connectivity index (χ4v) is 2.21. The van der Waals surface area contributed by atoms with Gasteiger partial charge in [-0.2, -0.15) is 0 Å². The van der Waals surface area contributed by atoms with Gasteiger partial charge in [-0.05, 0) is 25.2 Å². The van der Waals surface area contributed by atoms with Gasteiger partial charge in [0.1, 0.15) is 11.6 Å². The van der Waals surface area contributed by atoms with Crippen molar-refractivity contribution < 1.29 is 19.4 Å². The molecular weight excluding hydrogens is 260 g/mol. The van der Waals surface area contributed by atoms with Gasteiger partial charge < -0.3 is 20.9 Å². The van der Waals surface area contributed by atoms with Crippen LogP contribution in [0.3, 0.4) is 0 Å². The normalized spacial score (nSPS) is 27.8. The monoisotopic (exact) mass is 284 g/mol. The van der Waals surface area contributed by atoms with Gasteiger partial charge in [-0.3, -0.25) is 4.79 Å². The van der Waals surface area contributed by atoms with Crippen molar-refractivity contribution in [2.75, 3.05) is 7.11 Å². The van der Waals surface area contributed by atoms with E-state index < -0.39 is 29.6 Å². The Morgan fingerprint density at radius 2 is 2.15 bits per heavy atom. The molecule has 6 nitrogen and oxygen atoms in total. The summed E-state index contributed by atoms with van der Waals surface area (Å²) in [6.45, 7) is 3.60. The van der Waals surface area contributed by atoms with Crippen LogP contribution in [0.15, 0.2) is 12.2 Å². The van der Waals surface area contributed by atoms with Crippen molar-refractivity contribution in [1.82, 2.24) is 5.32 Å². The molecule has 0 fully saturated rings. The maximum atomic E-state index is 12.4. The zero-order valence-corrected chi connectivity index (χ0v) is 12.3. The number of rotatable bonds is 4. The van der Waals surface area contributed by atoms with Crippen LogP contribution in [0.1, 0.15) is 33.1 Å². The zero-order chi connectivity index (χ0) is 15.3. The SMILES string of the molecule is COC(=O)[C@H](NC(=O)[C@]1(N)CCCC=C[C@H]1O)C(C)C. The molecule has 3 atom stereocenters. The number of aliphatic hydroxyl groups is 1. The molecule has 0 bridgehead atoms. The van der Waals surface area contributed by atoms with Gasteiger partial charge >= 0.3 is 5.97 Å². The van der Waals surface area contributed by atoms with Crippen LogP contribution in [0, 0.1) is 5.92 Å². The first-order valence-electron chi connectivity index (χ1n) is 6.85. The number of allylic oxidation sites excluding steroid dienone is 1. The van der Waals surface area contributed by atoms with Crippen molar-refractivity contribution in [2.45, 2.75) is 50.8 Å². The Morgan fingerprint density at radius 3 is 2.70 bits per heavy atom. The molecular formula is C14H24N2O4. The van der Waals surface area contributed by atoms with Gasteiger partial charge in [0, 0.05) is 0 Å². The molecule has 1 rings (SSSR count). The van der Waals surface area contributed by atoms with Crippen LogP contribution in [-0.4, -0.2) is 41.8 Å². The van der Waals surface area contributed by atoms with Gasteiger partial charge in [0.2, 0.25) is 5.91 Å². The van der Waals surface area contributed by atoms with E-state index in [2.05, 4.69) is 10.1 Å². The molecule has 6 heteroatoms. The second kappa shape index (κ2) is 6.85. The van der Waals surface area contributed by atoms with E-state index in [1.165, 1.54) is 13.2 Å². The Hall–Kier alpha value is -1.40. The maximum Gasteiger partial charge on any atom is 0.328 e. The summed E-state index contributed by atoms with van der Waals surface area (Å²) in [6.07, 6.45) is 4.13. The van der Waals surface area contributed by atoms with Gasteiger partial charge in [-0.1, -0.05) is 26.0 Å². The average molecular weight is 284 g/mol. The lowest BCUT2D eigenvalue weighted by Crippen LogP contribution is -2.63. The van der Waals surface area contributed by atoms with Crippen molar-refractivity contribution in [1.29, 1.82) is 0 Å². The van der Waals surface area contributed by atoms with Gasteiger partial charge in [0.25, 0.3) is 0 Å². The van der Waals surface area contributed by atoms with Crippen molar-refractivity contribution in [3.05, 3.63) is 12.2 Å². The van der Waals surface area contributed by atoms with Gasteiger partial charge in [-0.25, -0.2) is 4.79 Å². The highest BCUT2D eigenvalue weighted by molar-refractivity contribution is 5.91. The molecule has 0 aromatic carbocycles. The number of ether oxygens (including phenoxy) is 1. The highest BCUT2D eigenvalue weighted by Crippen LogP contribution is 2.22. The molecule has 0 radical (unpaired) electrons. The molecule has 0 aromatic heterocycles. The Bertz CT molecular complexity index is 395. The predicted molar refractivity (Wildman–Crippen MR) is 74.7 cm³/mol. The molecule has 1 amide bonds. The molecule has 1 aliphatic carbocycles. The molecule has 0 saturated heterocycles. The second-order valence-electron chi connectivity index (χ2n) is 5.52. The number of methoxy groups -OCH3 is 1. The van der Waals surface area contributed by atoms with Gasteiger partial charge in [0.15, 0.2) is 0 Å². The highest BCUT2D eigenvalue weighted by atomic mass is 16.5. The van der Waals surface area contributed by atoms with Crippen LogP contribution in [-0.2, 0) is 14.3 Å². The van der Waals surface area contributed by atoms with Crippen LogP contribution in [0.2, 0.25) is 0 Å². The van der Waals surface area contributed by atoms with Crippen LogP contribution in [0.5, 0.6) is 0 Å². The van der Waals surface area contributed by atoms with Crippen LogP contribution >= 0.6 is 0 Å². The molecule has 0 aromatic rings. The minimum atomic E-state index is -1.41. The lowest BCUT2D eigenvalue weighted by Gasteiger charge is -2.32. The average Bonchev–Trinajstić information content (AvgIpc) is 2.58. The minimum Gasteiger partial charge on any atom is -0.467 e. The standard InChI is InChI=1S/C14H24N2O4/c1-9(2)11(12(18)20-3)16-13(19)14(15)8-6-4-5-7-10(14)17/h5,7,9-11,17H,4,6,8,15H2,1-3H3,(H,16,19)/t10-,11-,14+/m1/s1. The zero-order valence-electron chi connectivity index (χ0n) is 12.3. The second-order valence-corrected chi connectivity index (χ2v) is 5.52. The van der Waals surface area contributed by atoms with Gasteiger partial charge in [-0.15, -0.1) is 0 Å². The van der Waals surface area contributed by atoms with E-state index in [1.54, 1.807) is 13.8 Å². The quantitative estimate of drug-likeness (QED) is 0.502. The largest absolute Gasteiger partial charge is 0.467 e. The number of hydrogen-bond acceptors (Lipinski definition) is 5. The number of esters is 1. The van der Waals surface area contributed by atoms with E-state index in [-0.39, 0.29) is 5.92 Å². The third-order valence-corrected chi connectivity index (χ3v) is 3.64. The third-order valence-electron chi connectivity index (χ3n) is 3.64. The van der Waals surface area contributed by atoms with Crippen LogP contribution in [0.25, 0.3) is 0 Å². The molecule has 0 heterocycles. The van der Waals surface area contributed by atoms with E-state index in [4.69, 9.17) is 5.73 Å². The first-order valence-corrected chi connectivity index (χ1v) is 6.85. The fraction of sp³-hybridized carbons (Fsp3) is 0.714. The number of hydrogen-bond donors (Lipinski definition) is 3. The van der Waals surface area contributed by atoms with Crippen molar-refractivity contribution >= 4 is 11.9 Å². The summed E-state index contributed by atoms with van der Waals surface area (Å²) in [5.41, 5.74) is 4.66. The topological polar surface area (TPSA) is 102 Å². The summed E-state index contributed by atoms with van der Waals surface area (Å²) < 4.78 is 4.68. The van der Waals surface area contributed by atoms with E-state index >= 15 is 0 Å². The summed E-state index contributed by atoms with van der Waals surface area (Å²) >= 11 is 0. The molecule has 0 aliphatic heterocycles. The molecule has 4 N–H and O–H groups in total. The molecule has 0 spiro atoms. The Labute approximate surface area is 119 Å². The first kappa shape index (κ1) is 16.7. The third kappa shape index (κ3) is 3.58. The molecule has 20 heavy (non-hydrogen) atoms. The maximum absolute atomic E-state index is 12.4. The van der Waals surface area contributed by atoms with E-state index in [1.807, 2.05) is 6.08 Å². The Kier molecular flexibility index (Phi) is 5.71.